The zero-order valence-electron chi connectivity index (χ0n) is 18.6. The number of benzene rings is 1. The van der Waals surface area contributed by atoms with Crippen LogP contribution in [0.3, 0.4) is 0 Å². The number of aromatic carboxylic acids is 1. The minimum Gasteiger partial charge on any atom is -0.490 e. The number of carboxylic acids is 1. The predicted octanol–water partition coefficient (Wildman–Crippen LogP) is 3.80. The van der Waals surface area contributed by atoms with Gasteiger partial charge in [0, 0.05) is 38.0 Å². The molecule has 0 aliphatic carbocycles. The van der Waals surface area contributed by atoms with Gasteiger partial charge in [-0.2, -0.15) is 8.78 Å². The highest BCUT2D eigenvalue weighted by Gasteiger charge is 2.45. The van der Waals surface area contributed by atoms with Crippen molar-refractivity contribution in [2.45, 2.75) is 51.3 Å². The predicted molar refractivity (Wildman–Crippen MR) is 116 cm³/mol. The first-order valence-electron chi connectivity index (χ1n) is 10.7. The molecule has 33 heavy (non-hydrogen) atoms. The number of carbonyl (C=O) groups is 1. The smallest absolute Gasteiger partial charge is 0.387 e. The van der Waals surface area contributed by atoms with Crippen molar-refractivity contribution < 1.29 is 32.9 Å². The van der Waals surface area contributed by atoms with Gasteiger partial charge in [0.15, 0.2) is 16.9 Å². The second-order valence-corrected chi connectivity index (χ2v) is 8.76. The van der Waals surface area contributed by atoms with E-state index in [0.29, 0.717) is 24.3 Å². The van der Waals surface area contributed by atoms with Crippen LogP contribution in [-0.4, -0.2) is 48.2 Å². The molecule has 0 radical (unpaired) electrons. The van der Waals surface area contributed by atoms with Crippen LogP contribution < -0.4 is 19.9 Å². The molecule has 0 amide bonds. The van der Waals surface area contributed by atoms with Crippen molar-refractivity contribution >= 4 is 5.97 Å². The Kier molecular flexibility index (Phi) is 6.04. The number of carboxylic acid groups (broad SMARTS) is 1. The van der Waals surface area contributed by atoms with Crippen LogP contribution in [0.5, 0.6) is 11.5 Å². The van der Waals surface area contributed by atoms with E-state index in [0.717, 1.165) is 18.4 Å². The average Bonchev–Trinajstić information content (AvgIpc) is 3.06. The molecule has 0 saturated carbocycles. The molecule has 1 saturated heterocycles. The maximum atomic E-state index is 13.2. The highest BCUT2D eigenvalue weighted by atomic mass is 19.3. The lowest BCUT2D eigenvalue weighted by molar-refractivity contribution is -0.0515. The Morgan fingerprint density at radius 1 is 1.24 bits per heavy atom. The summed E-state index contributed by atoms with van der Waals surface area (Å²) in [5.74, 6) is -1.28. The summed E-state index contributed by atoms with van der Waals surface area (Å²) in [6.07, 6.45) is 3.45. The minimum absolute atomic E-state index is 0.145. The Morgan fingerprint density at radius 2 is 2.00 bits per heavy atom. The van der Waals surface area contributed by atoms with Gasteiger partial charge in [0.1, 0.15) is 5.56 Å². The Morgan fingerprint density at radius 3 is 2.67 bits per heavy atom. The first-order chi connectivity index (χ1) is 15.6. The number of hydrogen-bond donors (Lipinski definition) is 1. The van der Waals surface area contributed by atoms with Gasteiger partial charge in [-0.1, -0.05) is 0 Å². The van der Waals surface area contributed by atoms with Crippen LogP contribution in [0, 0.1) is 0 Å². The molecule has 1 N–H and O–H groups in total. The number of fused-ring (bicyclic) bond motifs is 6. The summed E-state index contributed by atoms with van der Waals surface area (Å²) in [5, 5.41) is 11.5. The lowest BCUT2D eigenvalue weighted by Gasteiger charge is -2.44. The van der Waals surface area contributed by atoms with Gasteiger partial charge in [-0.3, -0.25) is 14.5 Å². The van der Waals surface area contributed by atoms with E-state index in [4.69, 9.17) is 14.2 Å². The normalized spacial score (nSPS) is 18.0. The number of rotatable bonds is 8. The number of pyridine rings is 1. The van der Waals surface area contributed by atoms with Crippen molar-refractivity contribution in [3.63, 3.8) is 0 Å². The molecule has 4 rings (SSSR count). The van der Waals surface area contributed by atoms with E-state index in [9.17, 15) is 23.5 Å². The second-order valence-electron chi connectivity index (χ2n) is 8.76. The highest BCUT2D eigenvalue weighted by Crippen LogP contribution is 2.50. The van der Waals surface area contributed by atoms with Crippen molar-refractivity contribution in [3.8, 4) is 22.8 Å². The fourth-order valence-electron chi connectivity index (χ4n) is 4.70. The summed E-state index contributed by atoms with van der Waals surface area (Å²) < 4.78 is 43.5. The quantitative estimate of drug-likeness (QED) is 0.595. The molecule has 2 aliphatic heterocycles. The summed E-state index contributed by atoms with van der Waals surface area (Å²) in [5.41, 5.74) is 0.405. The van der Waals surface area contributed by atoms with E-state index >= 15 is 0 Å². The maximum absolute atomic E-state index is 13.2. The molecule has 0 spiro atoms. The van der Waals surface area contributed by atoms with Crippen LogP contribution >= 0.6 is 0 Å². The summed E-state index contributed by atoms with van der Waals surface area (Å²) in [6, 6.07) is 4.21. The Labute approximate surface area is 189 Å². The molecule has 1 fully saturated rings. The summed E-state index contributed by atoms with van der Waals surface area (Å²) in [4.78, 5) is 24.1. The van der Waals surface area contributed by atoms with Gasteiger partial charge in [0.25, 0.3) is 0 Å². The molecule has 2 aliphatic rings. The first kappa shape index (κ1) is 23.0. The summed E-state index contributed by atoms with van der Waals surface area (Å²) in [6.45, 7) is 1.73. The van der Waals surface area contributed by atoms with E-state index in [1.165, 1.54) is 18.3 Å². The first-order valence-corrected chi connectivity index (χ1v) is 10.7. The number of aromatic nitrogens is 1. The van der Waals surface area contributed by atoms with Crippen LogP contribution in [0.1, 0.15) is 55.1 Å². The SMILES string of the molecule is COCCCOc1cc2c(cc1OC(F)F)-c1cc(=O)c(C(=O)O)cn1N1[C@@H]2CCC1(C)C. The van der Waals surface area contributed by atoms with Crippen molar-refractivity contribution in [3.05, 3.63) is 45.7 Å². The van der Waals surface area contributed by atoms with Gasteiger partial charge in [0.05, 0.1) is 23.9 Å². The third-order valence-corrected chi connectivity index (χ3v) is 6.16. The van der Waals surface area contributed by atoms with Crippen molar-refractivity contribution in [2.75, 3.05) is 25.3 Å². The van der Waals surface area contributed by atoms with Gasteiger partial charge in [-0.25, -0.2) is 4.79 Å². The Hall–Kier alpha value is -3.14. The largest absolute Gasteiger partial charge is 0.490 e. The molecule has 0 bridgehead atoms. The maximum Gasteiger partial charge on any atom is 0.387 e. The van der Waals surface area contributed by atoms with Crippen LogP contribution in [-0.2, 0) is 4.74 Å². The van der Waals surface area contributed by atoms with Crippen LogP contribution in [0.4, 0.5) is 8.78 Å². The fourth-order valence-corrected chi connectivity index (χ4v) is 4.70. The lowest BCUT2D eigenvalue weighted by atomic mass is 9.93. The van der Waals surface area contributed by atoms with E-state index in [-0.39, 0.29) is 35.3 Å². The van der Waals surface area contributed by atoms with Crippen LogP contribution in [0.2, 0.25) is 0 Å². The number of methoxy groups -OCH3 is 1. The monoisotopic (exact) mass is 464 g/mol. The zero-order valence-corrected chi connectivity index (χ0v) is 18.6. The van der Waals surface area contributed by atoms with Gasteiger partial charge in [0.2, 0.25) is 0 Å². The molecule has 1 aromatic heterocycles. The number of alkyl halides is 2. The molecule has 178 valence electrons. The fraction of sp³-hybridized carbons (Fsp3) is 0.478. The summed E-state index contributed by atoms with van der Waals surface area (Å²) >= 11 is 0. The van der Waals surface area contributed by atoms with Crippen molar-refractivity contribution in [1.82, 2.24) is 4.68 Å². The molecular formula is C23H26F2N2O6. The molecule has 3 heterocycles. The Balaban J connectivity index is 1.90. The van der Waals surface area contributed by atoms with Crippen molar-refractivity contribution in [2.24, 2.45) is 0 Å². The molecule has 1 aromatic carbocycles. The molecular weight excluding hydrogens is 438 g/mol. The molecule has 0 unspecified atom stereocenters. The third-order valence-electron chi connectivity index (χ3n) is 6.16. The van der Waals surface area contributed by atoms with E-state index in [1.54, 1.807) is 17.9 Å². The second kappa shape index (κ2) is 8.66. The number of ether oxygens (including phenoxy) is 3. The van der Waals surface area contributed by atoms with Gasteiger partial charge < -0.3 is 19.3 Å². The molecule has 1 atom stereocenters. The Bertz CT molecular complexity index is 1130. The highest BCUT2D eigenvalue weighted by molar-refractivity contribution is 5.88. The van der Waals surface area contributed by atoms with Crippen molar-refractivity contribution in [1.29, 1.82) is 0 Å². The summed E-state index contributed by atoms with van der Waals surface area (Å²) in [7, 11) is 1.57. The van der Waals surface area contributed by atoms with Gasteiger partial charge in [-0.15, -0.1) is 0 Å². The standard InChI is InChI=1S/C23H26F2N2O6/c1-23(2)6-5-16-13-9-19(32-8-4-7-31-3)20(33-22(24)25)10-14(13)17-11-18(28)15(21(29)30)12-26(17)27(16)23/h9-12,16,22H,4-8H2,1-3H3,(H,29,30)/t16-/m1/s1. The average molecular weight is 464 g/mol. The van der Waals surface area contributed by atoms with Gasteiger partial charge in [-0.05, 0) is 44.4 Å². The lowest BCUT2D eigenvalue weighted by Crippen LogP contribution is -2.50. The molecule has 8 nitrogen and oxygen atoms in total. The van der Waals surface area contributed by atoms with Crippen LogP contribution in [0.25, 0.3) is 11.3 Å². The topological polar surface area (TPSA) is 90.2 Å². The number of halogens is 2. The number of hydrogen-bond acceptors (Lipinski definition) is 6. The third kappa shape index (κ3) is 4.15. The van der Waals surface area contributed by atoms with E-state index < -0.39 is 18.0 Å². The minimum atomic E-state index is -3.06. The zero-order chi connectivity index (χ0) is 23.9. The van der Waals surface area contributed by atoms with Gasteiger partial charge >= 0.3 is 12.6 Å². The van der Waals surface area contributed by atoms with E-state index in [2.05, 4.69) is 0 Å². The van der Waals surface area contributed by atoms with E-state index in [1.807, 2.05) is 18.9 Å². The molecule has 2 aromatic rings. The van der Waals surface area contributed by atoms with Crippen LogP contribution in [0.15, 0.2) is 29.2 Å². The number of nitrogens with zero attached hydrogens (tertiary/aromatic N) is 2. The molecule has 10 heteroatoms.